The molecule has 0 radical (unpaired) electrons. The average molecular weight is 396 g/mol. The van der Waals surface area contributed by atoms with Gasteiger partial charge in [-0.3, -0.25) is 4.79 Å². The van der Waals surface area contributed by atoms with Crippen LogP contribution in [0.3, 0.4) is 0 Å². The maximum atomic E-state index is 12.4. The fraction of sp³-hybridized carbons (Fsp3) is 0.375. The van der Waals surface area contributed by atoms with Crippen molar-refractivity contribution in [2.45, 2.75) is 39.5 Å². The fourth-order valence-electron chi connectivity index (χ4n) is 3.56. The lowest BCUT2D eigenvalue weighted by molar-refractivity contribution is -0.872. The molecule has 1 atom stereocenters. The van der Waals surface area contributed by atoms with Crippen LogP contribution in [0.25, 0.3) is 6.08 Å². The summed E-state index contributed by atoms with van der Waals surface area (Å²) < 4.78 is 11.6. The Morgan fingerprint density at radius 3 is 2.76 bits per heavy atom. The number of benzene rings is 2. The summed E-state index contributed by atoms with van der Waals surface area (Å²) in [6.45, 7) is 6.02. The summed E-state index contributed by atoms with van der Waals surface area (Å²) in [6.07, 6.45) is 4.41. The minimum absolute atomic E-state index is 0.130. The van der Waals surface area contributed by atoms with Crippen LogP contribution in [0.2, 0.25) is 0 Å². The van der Waals surface area contributed by atoms with Crippen molar-refractivity contribution >= 4 is 12.0 Å². The van der Waals surface area contributed by atoms with Crippen molar-refractivity contribution in [2.24, 2.45) is 0 Å². The molecular weight excluding hydrogens is 364 g/mol. The molecule has 1 aliphatic heterocycles. The molecule has 1 heterocycles. The van der Waals surface area contributed by atoms with Gasteiger partial charge < -0.3 is 19.7 Å². The summed E-state index contributed by atoms with van der Waals surface area (Å²) in [7, 11) is 4.24. The van der Waals surface area contributed by atoms with Crippen LogP contribution >= 0.6 is 0 Å². The van der Waals surface area contributed by atoms with E-state index in [2.05, 4.69) is 38.5 Å². The molecule has 5 nitrogen and oxygen atoms in total. The van der Waals surface area contributed by atoms with E-state index in [1.165, 1.54) is 10.5 Å². The van der Waals surface area contributed by atoms with E-state index in [1.54, 1.807) is 12.2 Å². The molecule has 154 valence electrons. The van der Waals surface area contributed by atoms with Crippen molar-refractivity contribution in [1.29, 1.82) is 0 Å². The summed E-state index contributed by atoms with van der Waals surface area (Å²) in [5.41, 5.74) is 4.40. The number of quaternary nitrogens is 1. The summed E-state index contributed by atoms with van der Waals surface area (Å²) in [5, 5.41) is 2.99. The molecule has 2 aromatic rings. The van der Waals surface area contributed by atoms with Crippen molar-refractivity contribution in [3.05, 3.63) is 64.7 Å². The van der Waals surface area contributed by atoms with Crippen LogP contribution in [0.4, 0.5) is 0 Å². The molecule has 0 bridgehead atoms. The normalized spacial score (nSPS) is 15.4. The predicted octanol–water partition coefficient (Wildman–Crippen LogP) is 2.38. The number of rotatable bonds is 8. The molecule has 0 unspecified atom stereocenters. The van der Waals surface area contributed by atoms with Gasteiger partial charge in [0.2, 0.25) is 5.91 Å². The number of ether oxygens (including phenoxy) is 2. The number of amides is 1. The van der Waals surface area contributed by atoms with E-state index in [-0.39, 0.29) is 12.0 Å². The smallest absolute Gasteiger partial charge is 0.244 e. The van der Waals surface area contributed by atoms with Gasteiger partial charge in [0, 0.05) is 35.7 Å². The molecule has 0 saturated heterocycles. The SMILES string of the molecule is CCOc1cc2c(cc1/C=C/C(=O)NCc1ccccc1C[NH+](C)C)O[C@H](C)C2. The lowest BCUT2D eigenvalue weighted by Crippen LogP contribution is -3.04. The number of hydrogen-bond donors (Lipinski definition) is 2. The molecule has 1 aliphatic rings. The number of carbonyl (C=O) groups is 1. The molecule has 0 saturated carbocycles. The Balaban J connectivity index is 1.68. The van der Waals surface area contributed by atoms with E-state index in [9.17, 15) is 4.79 Å². The number of fused-ring (bicyclic) bond motifs is 1. The average Bonchev–Trinajstić information content (AvgIpc) is 3.04. The first-order valence-electron chi connectivity index (χ1n) is 10.2. The first kappa shape index (κ1) is 20.9. The predicted molar refractivity (Wildman–Crippen MR) is 115 cm³/mol. The first-order chi connectivity index (χ1) is 14.0. The second-order valence-corrected chi connectivity index (χ2v) is 7.77. The van der Waals surface area contributed by atoms with E-state index < -0.39 is 0 Å². The van der Waals surface area contributed by atoms with Crippen LogP contribution in [0.5, 0.6) is 11.5 Å². The maximum absolute atomic E-state index is 12.4. The Bertz CT molecular complexity index is 890. The summed E-state index contributed by atoms with van der Waals surface area (Å²) in [5.74, 6) is 1.53. The van der Waals surface area contributed by atoms with Gasteiger partial charge in [0.25, 0.3) is 0 Å². The van der Waals surface area contributed by atoms with Crippen molar-refractivity contribution in [3.63, 3.8) is 0 Å². The third kappa shape index (κ3) is 5.61. The van der Waals surface area contributed by atoms with Crippen LogP contribution in [0, 0.1) is 0 Å². The largest absolute Gasteiger partial charge is 0.493 e. The van der Waals surface area contributed by atoms with Crippen molar-refractivity contribution in [2.75, 3.05) is 20.7 Å². The van der Waals surface area contributed by atoms with Crippen LogP contribution < -0.4 is 19.7 Å². The Morgan fingerprint density at radius 1 is 1.28 bits per heavy atom. The van der Waals surface area contributed by atoms with E-state index in [0.29, 0.717) is 13.2 Å². The van der Waals surface area contributed by atoms with E-state index in [1.807, 2.05) is 31.2 Å². The number of nitrogens with one attached hydrogen (secondary N) is 2. The topological polar surface area (TPSA) is 52.0 Å². The fourth-order valence-corrected chi connectivity index (χ4v) is 3.56. The molecule has 5 heteroatoms. The molecule has 0 aromatic heterocycles. The number of hydrogen-bond acceptors (Lipinski definition) is 3. The lowest BCUT2D eigenvalue weighted by Gasteiger charge is -2.12. The van der Waals surface area contributed by atoms with Crippen molar-refractivity contribution in [1.82, 2.24) is 5.32 Å². The second-order valence-electron chi connectivity index (χ2n) is 7.77. The summed E-state index contributed by atoms with van der Waals surface area (Å²) >= 11 is 0. The Morgan fingerprint density at radius 2 is 2.03 bits per heavy atom. The van der Waals surface area contributed by atoms with E-state index >= 15 is 0 Å². The van der Waals surface area contributed by atoms with Gasteiger partial charge in [-0.25, -0.2) is 0 Å². The molecule has 1 amide bonds. The highest BCUT2D eigenvalue weighted by Gasteiger charge is 2.21. The first-order valence-corrected chi connectivity index (χ1v) is 10.2. The molecular formula is C24H31N2O3+. The van der Waals surface area contributed by atoms with Gasteiger partial charge in [-0.2, -0.15) is 0 Å². The van der Waals surface area contributed by atoms with Crippen LogP contribution in [-0.4, -0.2) is 32.7 Å². The van der Waals surface area contributed by atoms with Crippen molar-refractivity contribution < 1.29 is 19.2 Å². The van der Waals surface area contributed by atoms with Gasteiger partial charge in [0.1, 0.15) is 24.1 Å². The summed E-state index contributed by atoms with van der Waals surface area (Å²) in [4.78, 5) is 13.8. The molecule has 2 aromatic carbocycles. The highest BCUT2D eigenvalue weighted by molar-refractivity contribution is 5.92. The zero-order chi connectivity index (χ0) is 20.8. The summed E-state index contributed by atoms with van der Waals surface area (Å²) in [6, 6.07) is 12.2. The van der Waals surface area contributed by atoms with Crippen LogP contribution in [0.1, 0.15) is 36.1 Å². The standard InChI is InChI=1S/C24H30N2O3/c1-5-28-22-14-21-12-17(2)29-23(21)13-18(22)10-11-24(27)25-15-19-8-6-7-9-20(19)16-26(3)4/h6-11,13-14,17H,5,12,15-16H2,1-4H3,(H,25,27)/p+1/b11-10+/t17-/m1/s1. The van der Waals surface area contributed by atoms with Crippen LogP contribution in [0.15, 0.2) is 42.5 Å². The minimum atomic E-state index is -0.130. The van der Waals surface area contributed by atoms with Gasteiger partial charge in [-0.1, -0.05) is 24.3 Å². The van der Waals surface area contributed by atoms with Crippen molar-refractivity contribution in [3.8, 4) is 11.5 Å². The number of carbonyl (C=O) groups excluding carboxylic acids is 1. The van der Waals surface area contributed by atoms with E-state index in [0.717, 1.165) is 41.2 Å². The Labute approximate surface area is 173 Å². The molecule has 3 rings (SSSR count). The monoisotopic (exact) mass is 395 g/mol. The van der Waals surface area contributed by atoms with E-state index in [4.69, 9.17) is 9.47 Å². The Hall–Kier alpha value is -2.79. The second kappa shape index (κ2) is 9.61. The molecule has 0 spiro atoms. The highest BCUT2D eigenvalue weighted by Crippen LogP contribution is 2.35. The quantitative estimate of drug-likeness (QED) is 0.675. The minimum Gasteiger partial charge on any atom is -0.493 e. The third-order valence-corrected chi connectivity index (χ3v) is 4.86. The highest BCUT2D eigenvalue weighted by atomic mass is 16.5. The zero-order valence-corrected chi connectivity index (χ0v) is 17.7. The van der Waals surface area contributed by atoms with Gasteiger partial charge in [-0.15, -0.1) is 0 Å². The Kier molecular flexibility index (Phi) is 6.94. The maximum Gasteiger partial charge on any atom is 0.244 e. The third-order valence-electron chi connectivity index (χ3n) is 4.86. The molecule has 0 fully saturated rings. The van der Waals surface area contributed by atoms with Gasteiger partial charge in [-0.05, 0) is 37.6 Å². The van der Waals surface area contributed by atoms with Gasteiger partial charge in [0.15, 0.2) is 0 Å². The molecule has 29 heavy (non-hydrogen) atoms. The van der Waals surface area contributed by atoms with Gasteiger partial charge in [0.05, 0.1) is 20.7 Å². The van der Waals surface area contributed by atoms with Gasteiger partial charge >= 0.3 is 0 Å². The van der Waals surface area contributed by atoms with Crippen LogP contribution in [-0.2, 0) is 24.3 Å². The molecule has 0 aliphatic carbocycles. The molecule has 2 N–H and O–H groups in total. The zero-order valence-electron chi connectivity index (χ0n) is 17.7. The lowest BCUT2D eigenvalue weighted by atomic mass is 10.1.